The molecular weight excluding hydrogens is 152 g/mol. The first-order valence-corrected chi connectivity index (χ1v) is 5.12. The van der Waals surface area contributed by atoms with Gasteiger partial charge in [0.2, 0.25) is 0 Å². The van der Waals surface area contributed by atoms with E-state index in [0.29, 0.717) is 10.3 Å². The molecular formula is C8H23BNP. The van der Waals surface area contributed by atoms with Crippen LogP contribution in [0.25, 0.3) is 0 Å². The zero-order valence-corrected chi connectivity index (χ0v) is 8.92. The maximum atomic E-state index is 6.49. The molecule has 0 saturated heterocycles. The molecule has 2 N–H and O–H groups in total. The predicted molar refractivity (Wildman–Crippen MR) is 60.6 cm³/mol. The van der Waals surface area contributed by atoms with E-state index in [1.54, 1.807) is 0 Å². The zero-order valence-electron chi connectivity index (χ0n) is 8.02. The van der Waals surface area contributed by atoms with Crippen LogP contribution >= 0.6 is 7.29 Å². The Morgan fingerprint density at radius 1 is 0.909 bits per heavy atom. The predicted octanol–water partition coefficient (Wildman–Crippen LogP) is 1.76. The van der Waals surface area contributed by atoms with E-state index in [4.69, 9.17) is 5.50 Å². The number of hydrogen-bond acceptors (Lipinski definition) is 1. The fourth-order valence-electron chi connectivity index (χ4n) is 1.01. The average molecular weight is 175 g/mol. The van der Waals surface area contributed by atoms with Crippen molar-refractivity contribution in [3.05, 3.63) is 0 Å². The zero-order chi connectivity index (χ0) is 9.50. The molecule has 0 aliphatic rings. The maximum Gasteiger partial charge on any atom is 0.146 e. The molecule has 0 bridgehead atoms. The molecule has 0 rings (SSSR count). The van der Waals surface area contributed by atoms with Gasteiger partial charge in [-0.2, -0.15) is 0 Å². The van der Waals surface area contributed by atoms with Gasteiger partial charge in [0.15, 0.2) is 0 Å². The monoisotopic (exact) mass is 175 g/mol. The molecule has 0 fully saturated rings. The Bertz CT molecular complexity index is 125. The summed E-state index contributed by atoms with van der Waals surface area (Å²) in [6.07, 6.45) is 0. The lowest BCUT2D eigenvalue weighted by Gasteiger charge is -2.47. The molecule has 0 aromatic rings. The van der Waals surface area contributed by atoms with Gasteiger partial charge in [0, 0.05) is 10.3 Å². The molecule has 68 valence electrons. The van der Waals surface area contributed by atoms with Crippen molar-refractivity contribution in [1.82, 2.24) is 0 Å². The summed E-state index contributed by atoms with van der Waals surface area (Å²) >= 11 is 0. The van der Waals surface area contributed by atoms with Crippen LogP contribution in [0.5, 0.6) is 0 Å². The van der Waals surface area contributed by atoms with Crippen molar-refractivity contribution in [2.45, 2.75) is 51.9 Å². The molecule has 0 aromatic carbocycles. The van der Waals surface area contributed by atoms with E-state index in [1.807, 2.05) is 0 Å². The van der Waals surface area contributed by atoms with E-state index in [2.05, 4.69) is 41.5 Å². The lowest BCUT2D eigenvalue weighted by Crippen LogP contribution is -2.38. The van der Waals surface area contributed by atoms with E-state index >= 15 is 0 Å². The van der Waals surface area contributed by atoms with Crippen LogP contribution in [0, 0.1) is 0 Å². The molecule has 0 amide bonds. The van der Waals surface area contributed by atoms with Gasteiger partial charge in [-0.25, -0.2) is 5.50 Å². The molecule has 0 radical (unpaired) electrons. The molecule has 1 nitrogen and oxygen atoms in total. The van der Waals surface area contributed by atoms with Crippen LogP contribution in [-0.2, 0) is 0 Å². The first-order chi connectivity index (χ1) is 4.50. The minimum atomic E-state index is -1.06. The molecule has 0 atom stereocenters. The van der Waals surface area contributed by atoms with Crippen LogP contribution in [0.3, 0.4) is 0 Å². The molecule has 0 aliphatic heterocycles. The number of rotatable bonds is 0. The van der Waals surface area contributed by atoms with Crippen LogP contribution in [0.4, 0.5) is 0 Å². The molecule has 0 spiro atoms. The highest BCUT2D eigenvalue weighted by molar-refractivity contribution is 7.97. The highest BCUT2D eigenvalue weighted by Crippen LogP contribution is 2.66. The third-order valence-electron chi connectivity index (χ3n) is 1.45. The van der Waals surface area contributed by atoms with Crippen molar-refractivity contribution < 1.29 is 0 Å². The Morgan fingerprint density at radius 2 is 1.09 bits per heavy atom. The minimum Gasteiger partial charge on any atom is -0.248 e. The van der Waals surface area contributed by atoms with Crippen molar-refractivity contribution in [1.29, 1.82) is 0 Å². The summed E-state index contributed by atoms with van der Waals surface area (Å²) in [6.45, 7) is 13.8. The second-order valence-electron chi connectivity index (χ2n) is 4.71. The molecule has 0 aliphatic carbocycles. The molecule has 0 aromatic heterocycles. The van der Waals surface area contributed by atoms with Gasteiger partial charge in [-0.1, -0.05) is 7.29 Å². The van der Waals surface area contributed by atoms with Crippen LogP contribution in [0.15, 0.2) is 0 Å². The van der Waals surface area contributed by atoms with Gasteiger partial charge in [-0.15, -0.1) is 0 Å². The molecule has 0 saturated carbocycles. The van der Waals surface area contributed by atoms with Gasteiger partial charge in [-0.05, 0) is 41.5 Å². The van der Waals surface area contributed by atoms with E-state index in [0.717, 1.165) is 0 Å². The normalized spacial score (nSPS) is 15.3. The molecule has 11 heavy (non-hydrogen) atoms. The highest BCUT2D eigenvalue weighted by atomic mass is 31.2. The first-order valence-electron chi connectivity index (χ1n) is 3.71. The van der Waals surface area contributed by atoms with Crippen LogP contribution in [0.1, 0.15) is 41.5 Å². The van der Waals surface area contributed by atoms with Crippen molar-refractivity contribution >= 4 is 14.9 Å². The van der Waals surface area contributed by atoms with Crippen molar-refractivity contribution in [3.63, 3.8) is 0 Å². The van der Waals surface area contributed by atoms with Gasteiger partial charge in [0.25, 0.3) is 0 Å². The lowest BCUT2D eigenvalue weighted by atomic mass is 10.2. The van der Waals surface area contributed by atoms with Crippen molar-refractivity contribution in [2.24, 2.45) is 5.50 Å². The van der Waals surface area contributed by atoms with E-state index < -0.39 is 7.29 Å². The van der Waals surface area contributed by atoms with Crippen LogP contribution < -0.4 is 5.50 Å². The summed E-state index contributed by atoms with van der Waals surface area (Å²) < 4.78 is 0. The Labute approximate surface area is 72.9 Å². The van der Waals surface area contributed by atoms with Crippen LogP contribution in [0.2, 0.25) is 0 Å². The Hall–Kier alpha value is 0.455. The van der Waals surface area contributed by atoms with Crippen molar-refractivity contribution in [3.8, 4) is 0 Å². The Kier molecular flexibility index (Phi) is 2.86. The second-order valence-corrected chi connectivity index (χ2v) is 8.13. The fourth-order valence-corrected chi connectivity index (χ4v) is 3.02. The second kappa shape index (κ2) is 2.74. The summed E-state index contributed by atoms with van der Waals surface area (Å²) in [5.41, 5.74) is 6.49. The largest absolute Gasteiger partial charge is 0.248 e. The van der Waals surface area contributed by atoms with Crippen LogP contribution in [-0.4, -0.2) is 17.9 Å². The standard InChI is InChI=1S/C8H23BNP/c1-7(2,3)11(9,10)8(4,5)6/h10H2,1-6,9H3. The minimum absolute atomic E-state index is 0.285. The summed E-state index contributed by atoms with van der Waals surface area (Å²) in [7, 11) is -0.775. The van der Waals surface area contributed by atoms with Gasteiger partial charge in [0.1, 0.15) is 7.57 Å². The topological polar surface area (TPSA) is 26.0 Å². The molecule has 3 heteroatoms. The summed E-state index contributed by atoms with van der Waals surface area (Å²) in [6, 6.07) is 0. The SMILES string of the molecule is [BH3-][P+](N)(C(C)(C)C)C(C)(C)C. The third kappa shape index (κ3) is 2.19. The number of hydrogen-bond donors (Lipinski definition) is 1. The van der Waals surface area contributed by atoms with E-state index in [9.17, 15) is 0 Å². The fraction of sp³-hybridized carbons (Fsp3) is 1.00. The lowest BCUT2D eigenvalue weighted by molar-refractivity contribution is 0.699. The Morgan fingerprint density at radius 3 is 1.09 bits per heavy atom. The average Bonchev–Trinajstić information content (AvgIpc) is 1.58. The first kappa shape index (κ1) is 11.5. The van der Waals surface area contributed by atoms with E-state index in [-0.39, 0.29) is 7.57 Å². The van der Waals surface area contributed by atoms with Gasteiger partial charge in [0.05, 0.1) is 0 Å². The van der Waals surface area contributed by atoms with Gasteiger partial charge in [-0.3, -0.25) is 0 Å². The van der Waals surface area contributed by atoms with Gasteiger partial charge < -0.3 is 0 Å². The quantitative estimate of drug-likeness (QED) is 0.440. The maximum absolute atomic E-state index is 6.49. The Balaban J connectivity index is 4.75. The third-order valence-corrected chi connectivity index (χ3v) is 4.34. The summed E-state index contributed by atoms with van der Waals surface area (Å²) in [5.74, 6) is 0. The van der Waals surface area contributed by atoms with E-state index in [1.165, 1.54) is 0 Å². The smallest absolute Gasteiger partial charge is 0.146 e. The molecule has 0 unspecified atom stereocenters. The van der Waals surface area contributed by atoms with Gasteiger partial charge >= 0.3 is 0 Å². The van der Waals surface area contributed by atoms with Crippen molar-refractivity contribution in [2.75, 3.05) is 0 Å². The summed E-state index contributed by atoms with van der Waals surface area (Å²) in [5, 5.41) is 0.760. The highest BCUT2D eigenvalue weighted by Gasteiger charge is 2.44. The summed E-state index contributed by atoms with van der Waals surface area (Å²) in [4.78, 5) is 0. The number of nitrogens with two attached hydrogens (primary N) is 1. The molecule has 0 heterocycles.